The monoisotopic (exact) mass is 944 g/mol. The number of allylic oxidation sites excluding steroid dienone is 4. The van der Waals surface area contributed by atoms with Gasteiger partial charge in [0.25, 0.3) is 12.3 Å². The molecular weight excluding hydrogens is 883 g/mol. The van der Waals surface area contributed by atoms with Crippen molar-refractivity contribution in [1.29, 1.82) is 0 Å². The number of halogens is 1. The third-order valence-electron chi connectivity index (χ3n) is 11.0. The largest absolute Gasteiger partial charge is 0.497 e. The minimum Gasteiger partial charge on any atom is -0.497 e. The lowest BCUT2D eigenvalue weighted by Crippen LogP contribution is -2.41. The highest BCUT2D eigenvalue weighted by molar-refractivity contribution is 6.59. The predicted octanol–water partition coefficient (Wildman–Crippen LogP) is 7.24. The number of benzene rings is 2. The van der Waals surface area contributed by atoms with Gasteiger partial charge in [0.15, 0.2) is 14.1 Å². The highest BCUT2D eigenvalue weighted by Gasteiger charge is 2.42. The quantitative estimate of drug-likeness (QED) is 0.0572. The molecule has 6 heterocycles. The zero-order valence-corrected chi connectivity index (χ0v) is 41.2. The first-order valence-corrected chi connectivity index (χ1v) is 23.0. The molecule has 2 atom stereocenters. The SMILES string of the molecule is CCOc1ncccc1B(O)O.CCOc1ncccc1C1=CC(=NCc2ccc(OC)cc2)C2=C(C(C)C)N=[N+](C)C2N1.COc1ccc(CN=C2C=C(Cl)NC3C2=C(C(C)C)N=[N+]3C)cc1. The summed E-state index contributed by atoms with van der Waals surface area (Å²) in [5.41, 5.74) is 10.6. The van der Waals surface area contributed by atoms with E-state index in [9.17, 15) is 0 Å². The van der Waals surface area contributed by atoms with E-state index in [1.807, 2.05) is 104 Å². The Hall–Kier alpha value is -6.69. The van der Waals surface area contributed by atoms with E-state index in [1.54, 1.807) is 32.5 Å². The fourth-order valence-corrected chi connectivity index (χ4v) is 7.86. The standard InChI is InChI=1S/C25H30N5O2.C18H22ClN4O.C7H10BNO3/c1-6-32-25-19(8-7-13-26-25)20-14-21(27-15-17-9-11-18(31-5)12-10-17)22-23(16(2)3)29-30(4)24(22)28-20;1-11(2)17-16-14(9-15(19)21-18(16)23(3)22-17)20-10-12-5-7-13(24-4)8-6-12;1-2-12-7-6(8(10)11)4-3-5-9-7/h7-14,16,24,28H,6,15H2,1-5H3;5-9,11,18,21H,10H2,1-4H3;3-5,10-11H,2H2,1H3/q2*+1;. The summed E-state index contributed by atoms with van der Waals surface area (Å²) in [6, 6.07) is 23.1. The summed E-state index contributed by atoms with van der Waals surface area (Å²) >= 11 is 6.25. The van der Waals surface area contributed by atoms with Gasteiger partial charge in [0.05, 0.1) is 74.4 Å². The second-order valence-corrected chi connectivity index (χ2v) is 16.9. The molecule has 4 N–H and O–H groups in total. The molecule has 8 rings (SSSR count). The Kier molecular flexibility index (Phi) is 17.8. The van der Waals surface area contributed by atoms with Gasteiger partial charge in [0.2, 0.25) is 11.8 Å². The van der Waals surface area contributed by atoms with Gasteiger partial charge in [-0.2, -0.15) is 0 Å². The summed E-state index contributed by atoms with van der Waals surface area (Å²) < 4.78 is 25.2. The number of fused-ring (bicyclic) bond motifs is 2. The molecule has 2 aromatic carbocycles. The van der Waals surface area contributed by atoms with Crippen LogP contribution in [-0.2, 0) is 13.1 Å². The molecule has 4 aromatic rings. The van der Waals surface area contributed by atoms with Crippen LogP contribution in [0.1, 0.15) is 58.2 Å². The molecule has 356 valence electrons. The minimum atomic E-state index is -1.53. The number of nitrogens with one attached hydrogen (secondary N) is 2. The van der Waals surface area contributed by atoms with E-state index in [-0.39, 0.29) is 24.1 Å². The number of ether oxygens (including phenoxy) is 4. The highest BCUT2D eigenvalue weighted by Crippen LogP contribution is 2.35. The minimum absolute atomic E-state index is 0.0467. The molecule has 0 saturated carbocycles. The number of hydrogen-bond acceptors (Lipinski definition) is 14. The van der Waals surface area contributed by atoms with Crippen LogP contribution >= 0.6 is 11.6 Å². The summed E-state index contributed by atoms with van der Waals surface area (Å²) in [5.74, 6) is 3.18. The van der Waals surface area contributed by atoms with Gasteiger partial charge >= 0.3 is 7.12 Å². The average Bonchev–Trinajstić information content (AvgIpc) is 3.87. The van der Waals surface area contributed by atoms with Crippen LogP contribution in [-0.4, -0.2) is 102 Å². The van der Waals surface area contributed by atoms with Crippen molar-refractivity contribution in [1.82, 2.24) is 20.6 Å². The lowest BCUT2D eigenvalue weighted by atomic mass is 9.81. The van der Waals surface area contributed by atoms with Gasteiger partial charge < -0.3 is 39.6 Å². The Bertz CT molecular complexity index is 2660. The molecule has 0 fully saturated rings. The summed E-state index contributed by atoms with van der Waals surface area (Å²) in [7, 11) is 5.75. The number of pyridine rings is 2. The van der Waals surface area contributed by atoms with E-state index in [2.05, 4.69) is 59.5 Å². The van der Waals surface area contributed by atoms with Gasteiger partial charge in [-0.05, 0) is 89.8 Å². The Morgan fingerprint density at radius 2 is 1.15 bits per heavy atom. The van der Waals surface area contributed by atoms with Gasteiger partial charge in [-0.15, -0.1) is 0 Å². The van der Waals surface area contributed by atoms with Gasteiger partial charge in [0, 0.05) is 29.7 Å². The molecule has 0 bridgehead atoms. The summed E-state index contributed by atoms with van der Waals surface area (Å²) in [6.45, 7) is 14.5. The zero-order chi connectivity index (χ0) is 48.9. The fourth-order valence-electron chi connectivity index (χ4n) is 7.65. The molecular formula is C50H62BClN10O6+2. The number of aromatic nitrogens is 2. The lowest BCUT2D eigenvalue weighted by Gasteiger charge is -2.23. The van der Waals surface area contributed by atoms with Crippen LogP contribution in [0.15, 0.2) is 145 Å². The molecule has 16 nitrogen and oxygen atoms in total. The Balaban J connectivity index is 0.000000185. The van der Waals surface area contributed by atoms with Crippen LogP contribution in [0, 0.1) is 11.8 Å². The van der Waals surface area contributed by atoms with Gasteiger partial charge in [-0.3, -0.25) is 9.98 Å². The molecule has 0 aliphatic carbocycles. The highest BCUT2D eigenvalue weighted by atomic mass is 35.5. The predicted molar refractivity (Wildman–Crippen MR) is 266 cm³/mol. The third kappa shape index (κ3) is 12.4. The third-order valence-corrected chi connectivity index (χ3v) is 11.2. The Morgan fingerprint density at radius 1 is 0.676 bits per heavy atom. The topological polar surface area (TPSA) is 183 Å². The van der Waals surface area contributed by atoms with Crippen molar-refractivity contribution >= 4 is 41.3 Å². The van der Waals surface area contributed by atoms with Crippen LogP contribution < -0.4 is 35.0 Å². The molecule has 0 amide bonds. The maximum absolute atomic E-state index is 8.87. The molecule has 0 radical (unpaired) electrons. The van der Waals surface area contributed by atoms with Crippen molar-refractivity contribution in [3.8, 4) is 23.3 Å². The van der Waals surface area contributed by atoms with Crippen molar-refractivity contribution in [2.75, 3.05) is 41.5 Å². The molecule has 0 spiro atoms. The van der Waals surface area contributed by atoms with Crippen LogP contribution in [0.25, 0.3) is 5.70 Å². The molecule has 68 heavy (non-hydrogen) atoms. The van der Waals surface area contributed by atoms with Gasteiger partial charge in [-0.1, -0.05) is 79.0 Å². The van der Waals surface area contributed by atoms with E-state index in [1.165, 1.54) is 6.20 Å². The zero-order valence-electron chi connectivity index (χ0n) is 40.4. The van der Waals surface area contributed by atoms with E-state index in [4.69, 9.17) is 55.7 Å². The Labute approximate surface area is 404 Å². The second kappa shape index (κ2) is 23.9. The first-order chi connectivity index (χ1) is 32.8. The van der Waals surface area contributed by atoms with Crippen LogP contribution in [0.5, 0.6) is 23.3 Å². The molecule has 0 saturated heterocycles. The summed E-state index contributed by atoms with van der Waals surface area (Å²) in [4.78, 5) is 18.1. The number of azo groups is 4. The van der Waals surface area contributed by atoms with Crippen molar-refractivity contribution in [2.45, 2.75) is 67.0 Å². The van der Waals surface area contributed by atoms with Gasteiger partial charge in [-0.25, -0.2) is 9.97 Å². The molecule has 2 unspecified atom stereocenters. The second-order valence-electron chi connectivity index (χ2n) is 16.5. The van der Waals surface area contributed by atoms with E-state index >= 15 is 0 Å². The van der Waals surface area contributed by atoms with Crippen molar-refractivity contribution < 1.29 is 38.4 Å². The maximum atomic E-state index is 8.87. The van der Waals surface area contributed by atoms with Crippen LogP contribution in [0.3, 0.4) is 0 Å². The fraction of sp³-hybridized carbons (Fsp3) is 0.360. The van der Waals surface area contributed by atoms with Crippen LogP contribution in [0.4, 0.5) is 0 Å². The first kappa shape index (κ1) is 50.7. The molecule has 4 aliphatic rings. The lowest BCUT2D eigenvalue weighted by molar-refractivity contribution is -0.588. The van der Waals surface area contributed by atoms with Crippen molar-refractivity contribution in [3.05, 3.63) is 142 Å². The number of aliphatic imine (C=N–C) groups is 2. The number of hydrogen-bond donors (Lipinski definition) is 4. The first-order valence-electron chi connectivity index (χ1n) is 22.6. The van der Waals surface area contributed by atoms with Crippen LogP contribution in [0.2, 0.25) is 0 Å². The molecule has 18 heteroatoms. The summed E-state index contributed by atoms with van der Waals surface area (Å²) in [5, 5.41) is 34.7. The Morgan fingerprint density at radius 3 is 1.63 bits per heavy atom. The van der Waals surface area contributed by atoms with E-state index < -0.39 is 7.12 Å². The summed E-state index contributed by atoms with van der Waals surface area (Å²) in [6.07, 6.45) is 7.12. The maximum Gasteiger partial charge on any atom is 0.494 e. The number of methoxy groups -OCH3 is 2. The molecule has 2 aromatic heterocycles. The van der Waals surface area contributed by atoms with Crippen molar-refractivity contribution in [2.24, 2.45) is 32.0 Å². The smallest absolute Gasteiger partial charge is 0.494 e. The number of likely N-dealkylation sites (N-methyl/N-ethyl adjacent to an activating group) is 2. The average molecular weight is 945 g/mol. The van der Waals surface area contributed by atoms with Crippen molar-refractivity contribution in [3.63, 3.8) is 0 Å². The number of rotatable bonds is 14. The molecule has 4 aliphatic heterocycles. The number of nitrogens with zero attached hydrogens (tertiary/aromatic N) is 8. The van der Waals surface area contributed by atoms with Gasteiger partial charge in [0.1, 0.15) is 28.0 Å². The van der Waals surface area contributed by atoms with E-state index in [0.29, 0.717) is 48.7 Å². The van der Waals surface area contributed by atoms with E-state index in [0.717, 1.165) is 67.9 Å². The normalized spacial score (nSPS) is 18.2.